The van der Waals surface area contributed by atoms with E-state index in [9.17, 15) is 9.59 Å². The quantitative estimate of drug-likeness (QED) is 0.191. The standard InChI is InChI=1S/C22H24Cl3N3O3S2/c1-3-31-19(30)16-14-10-6-7-11-15(14)33-18(16)27-21(32)28-20(22(23,24)25)26-17(29)13-9-5-4-8-12(13)2/h4-5,8-9,20H,3,6-7,10-11H2,1-2H3,(H,26,29)(H2,27,28,32)/t20-/m1/s1. The summed E-state index contributed by atoms with van der Waals surface area (Å²) >= 11 is 25.3. The molecule has 1 aromatic carbocycles. The Labute approximate surface area is 217 Å². The minimum atomic E-state index is -1.90. The lowest BCUT2D eigenvalue weighted by molar-refractivity contribution is 0.0526. The molecule has 1 aromatic heterocycles. The number of carbonyl (C=O) groups is 2. The fourth-order valence-electron chi connectivity index (χ4n) is 3.58. The number of ether oxygens (including phenoxy) is 1. The minimum absolute atomic E-state index is 0.0977. The summed E-state index contributed by atoms with van der Waals surface area (Å²) in [6, 6.07) is 7.08. The van der Waals surface area contributed by atoms with Gasteiger partial charge in [-0.2, -0.15) is 0 Å². The van der Waals surface area contributed by atoms with Gasteiger partial charge in [0, 0.05) is 10.4 Å². The SMILES string of the molecule is CCOC(=O)c1c(NC(=S)N[C@@H](NC(=O)c2ccccc2C)C(Cl)(Cl)Cl)sc2c1CCCC2. The Balaban J connectivity index is 1.79. The normalized spacial score (nSPS) is 14.1. The van der Waals surface area contributed by atoms with Gasteiger partial charge in [-0.3, -0.25) is 4.79 Å². The summed E-state index contributed by atoms with van der Waals surface area (Å²) in [5.41, 5.74) is 2.73. The Hall–Kier alpha value is -1.58. The van der Waals surface area contributed by atoms with Crippen molar-refractivity contribution < 1.29 is 14.3 Å². The van der Waals surface area contributed by atoms with Gasteiger partial charge in [-0.25, -0.2) is 4.79 Å². The maximum Gasteiger partial charge on any atom is 0.341 e. The molecule has 0 saturated carbocycles. The first kappa shape index (κ1) is 26.0. The zero-order chi connectivity index (χ0) is 24.2. The fourth-order valence-corrected chi connectivity index (χ4v) is 5.47. The van der Waals surface area contributed by atoms with E-state index in [0.717, 1.165) is 41.7 Å². The van der Waals surface area contributed by atoms with Crippen LogP contribution in [-0.4, -0.2) is 33.6 Å². The molecular formula is C22H24Cl3N3O3S2. The molecule has 0 saturated heterocycles. The second-order valence-electron chi connectivity index (χ2n) is 7.50. The Morgan fingerprint density at radius 2 is 1.88 bits per heavy atom. The van der Waals surface area contributed by atoms with Crippen LogP contribution in [0.5, 0.6) is 0 Å². The van der Waals surface area contributed by atoms with Gasteiger partial charge < -0.3 is 20.7 Å². The number of thiophene rings is 1. The molecule has 1 aliphatic rings. The molecule has 0 aliphatic heterocycles. The first-order chi connectivity index (χ1) is 15.6. The molecule has 0 spiro atoms. The molecule has 0 radical (unpaired) electrons. The summed E-state index contributed by atoms with van der Waals surface area (Å²) in [4.78, 5) is 26.6. The van der Waals surface area contributed by atoms with Crippen molar-refractivity contribution in [1.82, 2.24) is 10.6 Å². The molecule has 33 heavy (non-hydrogen) atoms. The highest BCUT2D eigenvalue weighted by atomic mass is 35.6. The van der Waals surface area contributed by atoms with Gasteiger partial charge in [0.25, 0.3) is 5.91 Å². The van der Waals surface area contributed by atoms with Crippen LogP contribution in [0.25, 0.3) is 0 Å². The molecule has 0 fully saturated rings. The van der Waals surface area contributed by atoms with E-state index in [1.165, 1.54) is 11.3 Å². The highest BCUT2D eigenvalue weighted by molar-refractivity contribution is 7.80. The maximum absolute atomic E-state index is 12.8. The predicted octanol–water partition coefficient (Wildman–Crippen LogP) is 5.52. The van der Waals surface area contributed by atoms with Crippen LogP contribution in [0.3, 0.4) is 0 Å². The topological polar surface area (TPSA) is 79.5 Å². The zero-order valence-corrected chi connectivity index (χ0v) is 22.0. The van der Waals surface area contributed by atoms with Crippen LogP contribution in [0.2, 0.25) is 0 Å². The average Bonchev–Trinajstić information content (AvgIpc) is 3.10. The van der Waals surface area contributed by atoms with E-state index < -0.39 is 21.8 Å². The Morgan fingerprint density at radius 1 is 1.18 bits per heavy atom. The predicted molar refractivity (Wildman–Crippen MR) is 139 cm³/mol. The highest BCUT2D eigenvalue weighted by Gasteiger charge is 2.35. The average molecular weight is 549 g/mol. The number of thiocarbonyl (C=S) groups is 1. The van der Waals surface area contributed by atoms with E-state index >= 15 is 0 Å². The first-order valence-electron chi connectivity index (χ1n) is 10.4. The zero-order valence-electron chi connectivity index (χ0n) is 18.1. The summed E-state index contributed by atoms with van der Waals surface area (Å²) in [6.45, 7) is 3.85. The molecule has 1 heterocycles. The van der Waals surface area contributed by atoms with Gasteiger partial charge in [0.1, 0.15) is 11.2 Å². The third-order valence-electron chi connectivity index (χ3n) is 5.15. The van der Waals surface area contributed by atoms with Crippen molar-refractivity contribution in [3.8, 4) is 0 Å². The number of fused-ring (bicyclic) bond motifs is 1. The number of anilines is 1. The Morgan fingerprint density at radius 3 is 2.55 bits per heavy atom. The van der Waals surface area contributed by atoms with Crippen molar-refractivity contribution in [2.75, 3.05) is 11.9 Å². The van der Waals surface area contributed by atoms with Gasteiger partial charge in [-0.1, -0.05) is 53.0 Å². The number of hydrogen-bond acceptors (Lipinski definition) is 5. The van der Waals surface area contributed by atoms with Crippen LogP contribution in [0.4, 0.5) is 5.00 Å². The summed E-state index contributed by atoms with van der Waals surface area (Å²) in [5, 5.41) is 9.24. The molecule has 1 atom stereocenters. The molecule has 1 amide bonds. The fraction of sp³-hybridized carbons (Fsp3) is 0.409. The molecule has 0 bridgehead atoms. The number of amides is 1. The molecule has 3 rings (SSSR count). The summed E-state index contributed by atoms with van der Waals surface area (Å²) in [5.74, 6) is -0.813. The monoisotopic (exact) mass is 547 g/mol. The number of benzene rings is 1. The first-order valence-corrected chi connectivity index (χ1v) is 12.8. The molecule has 1 aliphatic carbocycles. The van der Waals surface area contributed by atoms with Crippen molar-refractivity contribution >= 4 is 80.3 Å². The lowest BCUT2D eigenvalue weighted by atomic mass is 9.95. The number of aryl methyl sites for hydroxylation is 2. The van der Waals surface area contributed by atoms with E-state index in [1.807, 2.05) is 19.1 Å². The van der Waals surface area contributed by atoms with Crippen molar-refractivity contribution in [1.29, 1.82) is 0 Å². The molecule has 6 nitrogen and oxygen atoms in total. The van der Waals surface area contributed by atoms with Crippen LogP contribution >= 0.6 is 58.4 Å². The third kappa shape index (κ3) is 6.51. The van der Waals surface area contributed by atoms with Crippen LogP contribution in [0.1, 0.15) is 56.5 Å². The van der Waals surface area contributed by atoms with Crippen molar-refractivity contribution in [2.45, 2.75) is 49.5 Å². The van der Waals surface area contributed by atoms with Crippen molar-refractivity contribution in [2.24, 2.45) is 0 Å². The van der Waals surface area contributed by atoms with Gasteiger partial charge in [0.05, 0.1) is 12.2 Å². The second-order valence-corrected chi connectivity index (χ2v) is 11.4. The van der Waals surface area contributed by atoms with Gasteiger partial charge >= 0.3 is 5.97 Å². The van der Waals surface area contributed by atoms with Crippen LogP contribution in [0, 0.1) is 6.92 Å². The Bertz CT molecular complexity index is 1050. The van der Waals surface area contributed by atoms with Gasteiger partial charge in [0.2, 0.25) is 3.79 Å². The summed E-state index contributed by atoms with van der Waals surface area (Å²) < 4.78 is 3.37. The molecule has 11 heteroatoms. The van der Waals surface area contributed by atoms with Crippen molar-refractivity contribution in [3.05, 3.63) is 51.4 Å². The van der Waals surface area contributed by atoms with E-state index in [0.29, 0.717) is 16.1 Å². The summed E-state index contributed by atoms with van der Waals surface area (Å²) in [6.07, 6.45) is 2.66. The second kappa shape index (κ2) is 11.2. The van der Waals surface area contributed by atoms with Gasteiger partial charge in [-0.15, -0.1) is 11.3 Å². The van der Waals surface area contributed by atoms with E-state index in [4.69, 9.17) is 51.8 Å². The maximum atomic E-state index is 12.8. The number of esters is 1. The molecule has 2 aromatic rings. The van der Waals surface area contributed by atoms with E-state index in [2.05, 4.69) is 16.0 Å². The molecule has 0 unspecified atom stereocenters. The van der Waals surface area contributed by atoms with Crippen LogP contribution in [-0.2, 0) is 17.6 Å². The van der Waals surface area contributed by atoms with E-state index in [1.54, 1.807) is 19.1 Å². The third-order valence-corrected chi connectivity index (χ3v) is 7.23. The molecular weight excluding hydrogens is 525 g/mol. The number of hydrogen-bond donors (Lipinski definition) is 3. The lowest BCUT2D eigenvalue weighted by Crippen LogP contribution is -2.56. The van der Waals surface area contributed by atoms with Gasteiger partial charge in [0.15, 0.2) is 5.11 Å². The van der Waals surface area contributed by atoms with Crippen molar-refractivity contribution in [3.63, 3.8) is 0 Å². The lowest BCUT2D eigenvalue weighted by Gasteiger charge is -2.28. The van der Waals surface area contributed by atoms with Gasteiger partial charge in [-0.05, 0) is 68.9 Å². The van der Waals surface area contributed by atoms with Crippen LogP contribution in [0.15, 0.2) is 24.3 Å². The summed E-state index contributed by atoms with van der Waals surface area (Å²) in [7, 11) is 0. The number of alkyl halides is 3. The highest BCUT2D eigenvalue weighted by Crippen LogP contribution is 2.38. The minimum Gasteiger partial charge on any atom is -0.462 e. The number of halogens is 3. The Kier molecular flexibility index (Phi) is 8.86. The van der Waals surface area contributed by atoms with Crippen LogP contribution < -0.4 is 16.0 Å². The van der Waals surface area contributed by atoms with E-state index in [-0.39, 0.29) is 11.7 Å². The number of nitrogens with one attached hydrogen (secondary N) is 3. The smallest absolute Gasteiger partial charge is 0.341 e. The molecule has 178 valence electrons. The molecule has 3 N–H and O–H groups in total. The largest absolute Gasteiger partial charge is 0.462 e. The number of rotatable bonds is 6. The number of carbonyl (C=O) groups excluding carboxylic acids is 2.